The second kappa shape index (κ2) is 6.49. The van der Waals surface area contributed by atoms with Crippen LogP contribution in [0.2, 0.25) is 0 Å². The van der Waals surface area contributed by atoms with Crippen molar-refractivity contribution in [2.75, 3.05) is 19.0 Å². The lowest BCUT2D eigenvalue weighted by atomic mass is 9.93. The third-order valence-electron chi connectivity index (χ3n) is 3.88. The second-order valence-electron chi connectivity index (χ2n) is 5.69. The van der Waals surface area contributed by atoms with Crippen LogP contribution in [0, 0.1) is 0 Å². The lowest BCUT2D eigenvalue weighted by molar-refractivity contribution is 0.103. The van der Waals surface area contributed by atoms with Crippen LogP contribution in [0.4, 0.5) is 5.69 Å². The van der Waals surface area contributed by atoms with E-state index in [1.54, 1.807) is 0 Å². The SMILES string of the molecule is CN(C)c1ccc(C(=O)c2ccccc2)c(-c2ccccc2)c1. The summed E-state index contributed by atoms with van der Waals surface area (Å²) in [7, 11) is 4.01. The molecule has 3 aromatic carbocycles. The minimum atomic E-state index is 0.0507. The predicted octanol–water partition coefficient (Wildman–Crippen LogP) is 4.65. The van der Waals surface area contributed by atoms with Crippen molar-refractivity contribution in [3.8, 4) is 11.1 Å². The Bertz CT molecular complexity index is 808. The molecule has 0 amide bonds. The van der Waals surface area contributed by atoms with Gasteiger partial charge in [-0.25, -0.2) is 0 Å². The van der Waals surface area contributed by atoms with Gasteiger partial charge in [-0.1, -0.05) is 60.7 Å². The molecule has 0 bridgehead atoms. The van der Waals surface area contributed by atoms with Crippen molar-refractivity contribution in [2.24, 2.45) is 0 Å². The van der Waals surface area contributed by atoms with Gasteiger partial charge in [0.05, 0.1) is 0 Å². The van der Waals surface area contributed by atoms with E-state index in [9.17, 15) is 4.79 Å². The number of ketones is 1. The summed E-state index contributed by atoms with van der Waals surface area (Å²) in [6.45, 7) is 0. The zero-order valence-corrected chi connectivity index (χ0v) is 13.4. The van der Waals surface area contributed by atoms with E-state index in [1.807, 2.05) is 91.8 Å². The Morgan fingerprint density at radius 3 is 2.00 bits per heavy atom. The molecule has 3 rings (SSSR count). The molecule has 0 N–H and O–H groups in total. The first-order chi connectivity index (χ1) is 11.2. The van der Waals surface area contributed by atoms with Gasteiger partial charge in [-0.3, -0.25) is 4.79 Å². The highest BCUT2D eigenvalue weighted by Gasteiger charge is 2.15. The molecule has 0 fully saturated rings. The summed E-state index contributed by atoms with van der Waals surface area (Å²) >= 11 is 0. The summed E-state index contributed by atoms with van der Waals surface area (Å²) in [5.74, 6) is 0.0507. The van der Waals surface area contributed by atoms with Crippen LogP contribution >= 0.6 is 0 Å². The van der Waals surface area contributed by atoms with Gasteiger partial charge in [0.1, 0.15) is 0 Å². The Balaban J connectivity index is 2.15. The molecular weight excluding hydrogens is 282 g/mol. The number of rotatable bonds is 4. The molecule has 0 unspecified atom stereocenters. The molecule has 0 saturated carbocycles. The first-order valence-corrected chi connectivity index (χ1v) is 7.63. The molecule has 0 radical (unpaired) electrons. The van der Waals surface area contributed by atoms with Crippen LogP contribution in [-0.4, -0.2) is 19.9 Å². The van der Waals surface area contributed by atoms with Gasteiger partial charge < -0.3 is 4.90 Å². The smallest absolute Gasteiger partial charge is 0.193 e. The Kier molecular flexibility index (Phi) is 4.24. The standard InChI is InChI=1S/C21H19NO/c1-22(2)18-13-14-19(21(23)17-11-7-4-8-12-17)20(15-18)16-9-5-3-6-10-16/h3-15H,1-2H3. The third kappa shape index (κ3) is 3.16. The molecule has 0 heterocycles. The van der Waals surface area contributed by atoms with E-state index >= 15 is 0 Å². The van der Waals surface area contributed by atoms with E-state index in [1.165, 1.54) is 0 Å². The summed E-state index contributed by atoms with van der Waals surface area (Å²) in [5.41, 5.74) is 4.53. The van der Waals surface area contributed by atoms with E-state index in [-0.39, 0.29) is 5.78 Å². The van der Waals surface area contributed by atoms with Gasteiger partial charge in [0.2, 0.25) is 0 Å². The largest absolute Gasteiger partial charge is 0.378 e. The fraction of sp³-hybridized carbons (Fsp3) is 0.0952. The van der Waals surface area contributed by atoms with Gasteiger partial charge in [-0.2, -0.15) is 0 Å². The summed E-state index contributed by atoms with van der Waals surface area (Å²) in [6, 6.07) is 25.5. The lowest BCUT2D eigenvalue weighted by Crippen LogP contribution is -2.10. The zero-order chi connectivity index (χ0) is 16.2. The number of nitrogens with zero attached hydrogens (tertiary/aromatic N) is 1. The van der Waals surface area contributed by atoms with Gasteiger partial charge in [0, 0.05) is 30.9 Å². The molecule has 0 aromatic heterocycles. The van der Waals surface area contributed by atoms with Crippen LogP contribution in [0.1, 0.15) is 15.9 Å². The Labute approximate surface area is 137 Å². The zero-order valence-electron chi connectivity index (χ0n) is 13.4. The van der Waals surface area contributed by atoms with Crippen molar-refractivity contribution in [3.05, 3.63) is 90.0 Å². The summed E-state index contributed by atoms with van der Waals surface area (Å²) in [6.07, 6.45) is 0. The number of hydrogen-bond acceptors (Lipinski definition) is 2. The van der Waals surface area contributed by atoms with Crippen molar-refractivity contribution in [3.63, 3.8) is 0 Å². The highest BCUT2D eigenvalue weighted by Crippen LogP contribution is 2.29. The number of benzene rings is 3. The molecule has 23 heavy (non-hydrogen) atoms. The van der Waals surface area contributed by atoms with E-state index in [4.69, 9.17) is 0 Å². The van der Waals surface area contributed by atoms with Gasteiger partial charge >= 0.3 is 0 Å². The second-order valence-corrected chi connectivity index (χ2v) is 5.69. The van der Waals surface area contributed by atoms with Crippen LogP contribution in [0.5, 0.6) is 0 Å². The van der Waals surface area contributed by atoms with Crippen molar-refractivity contribution in [2.45, 2.75) is 0 Å². The maximum Gasteiger partial charge on any atom is 0.193 e. The van der Waals surface area contributed by atoms with Gasteiger partial charge in [0.25, 0.3) is 0 Å². The summed E-state index contributed by atoms with van der Waals surface area (Å²) in [4.78, 5) is 15.0. The van der Waals surface area contributed by atoms with Gasteiger partial charge in [0.15, 0.2) is 5.78 Å². The first-order valence-electron chi connectivity index (χ1n) is 7.63. The maximum absolute atomic E-state index is 12.9. The number of carbonyl (C=O) groups excluding carboxylic acids is 1. The average Bonchev–Trinajstić information content (AvgIpc) is 2.62. The van der Waals surface area contributed by atoms with E-state index < -0.39 is 0 Å². The molecule has 0 aliphatic carbocycles. The van der Waals surface area contributed by atoms with Crippen LogP contribution in [0.25, 0.3) is 11.1 Å². The first kappa shape index (κ1) is 15.0. The van der Waals surface area contributed by atoms with E-state index in [0.717, 1.165) is 22.4 Å². The van der Waals surface area contributed by atoms with Crippen LogP contribution in [0.3, 0.4) is 0 Å². The number of carbonyl (C=O) groups is 1. The van der Waals surface area contributed by atoms with Crippen molar-refractivity contribution in [1.29, 1.82) is 0 Å². The van der Waals surface area contributed by atoms with E-state index in [0.29, 0.717) is 5.56 Å². The van der Waals surface area contributed by atoms with Crippen LogP contribution < -0.4 is 4.90 Å². The minimum absolute atomic E-state index is 0.0507. The van der Waals surface area contributed by atoms with Crippen LogP contribution in [0.15, 0.2) is 78.9 Å². The molecule has 0 aliphatic rings. The van der Waals surface area contributed by atoms with E-state index in [2.05, 4.69) is 6.07 Å². The monoisotopic (exact) mass is 301 g/mol. The molecule has 0 spiro atoms. The number of hydrogen-bond donors (Lipinski definition) is 0. The molecule has 0 atom stereocenters. The predicted molar refractivity (Wildman–Crippen MR) is 96.1 cm³/mol. The lowest BCUT2D eigenvalue weighted by Gasteiger charge is -2.16. The highest BCUT2D eigenvalue weighted by atomic mass is 16.1. The van der Waals surface area contributed by atoms with Crippen molar-refractivity contribution < 1.29 is 4.79 Å². The minimum Gasteiger partial charge on any atom is -0.378 e. The Morgan fingerprint density at radius 1 is 0.783 bits per heavy atom. The van der Waals surface area contributed by atoms with Crippen molar-refractivity contribution >= 4 is 11.5 Å². The number of anilines is 1. The Hall–Kier alpha value is -2.87. The topological polar surface area (TPSA) is 20.3 Å². The highest BCUT2D eigenvalue weighted by molar-refractivity contribution is 6.13. The van der Waals surface area contributed by atoms with Gasteiger partial charge in [-0.15, -0.1) is 0 Å². The quantitative estimate of drug-likeness (QED) is 0.654. The molecule has 2 heteroatoms. The average molecular weight is 301 g/mol. The molecular formula is C21H19NO. The van der Waals surface area contributed by atoms with Crippen LogP contribution in [-0.2, 0) is 0 Å². The molecule has 0 saturated heterocycles. The third-order valence-corrected chi connectivity index (χ3v) is 3.88. The molecule has 2 nitrogen and oxygen atoms in total. The molecule has 0 aliphatic heterocycles. The Morgan fingerprint density at radius 2 is 1.39 bits per heavy atom. The van der Waals surface area contributed by atoms with Gasteiger partial charge in [-0.05, 0) is 29.3 Å². The summed E-state index contributed by atoms with van der Waals surface area (Å²) in [5, 5.41) is 0. The van der Waals surface area contributed by atoms with Crippen molar-refractivity contribution in [1.82, 2.24) is 0 Å². The maximum atomic E-state index is 12.9. The fourth-order valence-corrected chi connectivity index (χ4v) is 2.61. The fourth-order valence-electron chi connectivity index (χ4n) is 2.61. The molecule has 3 aromatic rings. The molecule has 114 valence electrons. The normalized spacial score (nSPS) is 10.3. The summed E-state index contributed by atoms with van der Waals surface area (Å²) < 4.78 is 0.